The van der Waals surface area contributed by atoms with E-state index >= 15 is 0 Å². The standard InChI is InChI=1S/C8H5F3N2O2S2/c9-8(10,11)6-3-5(13-4-16)1-2-7(6)17(12,14)15/h1-3H,(H2,12,14,15). The minimum atomic E-state index is -4.85. The highest BCUT2D eigenvalue weighted by Crippen LogP contribution is 2.35. The summed E-state index contributed by atoms with van der Waals surface area (Å²) in [6, 6.07) is 2.32. The molecule has 92 valence electrons. The summed E-state index contributed by atoms with van der Waals surface area (Å²) in [5.41, 5.74) is -1.54. The number of nitrogens with two attached hydrogens (primary N) is 1. The van der Waals surface area contributed by atoms with E-state index in [2.05, 4.69) is 22.3 Å². The molecular formula is C8H5F3N2O2S2. The number of hydrogen-bond donors (Lipinski definition) is 1. The van der Waals surface area contributed by atoms with Crippen LogP contribution in [0.25, 0.3) is 0 Å². The van der Waals surface area contributed by atoms with Crippen molar-refractivity contribution in [2.75, 3.05) is 0 Å². The maximum Gasteiger partial charge on any atom is 0.417 e. The number of nitrogens with zero attached hydrogens (tertiary/aromatic N) is 1. The van der Waals surface area contributed by atoms with Crippen LogP contribution >= 0.6 is 12.2 Å². The van der Waals surface area contributed by atoms with Crippen molar-refractivity contribution in [3.05, 3.63) is 23.8 Å². The molecule has 0 fully saturated rings. The Morgan fingerprint density at radius 1 is 1.35 bits per heavy atom. The average Bonchev–Trinajstić information content (AvgIpc) is 2.15. The van der Waals surface area contributed by atoms with Crippen LogP contribution in [0.1, 0.15) is 5.56 Å². The van der Waals surface area contributed by atoms with Crippen LogP contribution in [0.4, 0.5) is 18.9 Å². The number of sulfonamides is 1. The average molecular weight is 282 g/mol. The zero-order valence-electron chi connectivity index (χ0n) is 8.02. The van der Waals surface area contributed by atoms with Crippen LogP contribution in [-0.4, -0.2) is 13.6 Å². The Balaban J connectivity index is 3.59. The number of alkyl halides is 3. The van der Waals surface area contributed by atoms with Crippen molar-refractivity contribution < 1.29 is 21.6 Å². The lowest BCUT2D eigenvalue weighted by molar-refractivity contribution is -0.139. The molecular weight excluding hydrogens is 277 g/mol. The fourth-order valence-electron chi connectivity index (χ4n) is 1.11. The first kappa shape index (κ1) is 13.8. The highest BCUT2D eigenvalue weighted by atomic mass is 32.2. The van der Waals surface area contributed by atoms with Crippen molar-refractivity contribution in [2.24, 2.45) is 10.1 Å². The van der Waals surface area contributed by atoms with Crippen molar-refractivity contribution in [1.82, 2.24) is 0 Å². The molecule has 1 rings (SSSR count). The van der Waals surface area contributed by atoms with Gasteiger partial charge in [-0.3, -0.25) is 0 Å². The van der Waals surface area contributed by atoms with E-state index < -0.39 is 26.7 Å². The SMILES string of the molecule is NS(=O)(=O)c1ccc(N=C=S)cc1C(F)(F)F. The third-order valence-corrected chi connectivity index (χ3v) is 2.81. The number of hydrogen-bond acceptors (Lipinski definition) is 4. The number of primary sulfonamides is 1. The molecule has 0 aliphatic rings. The number of rotatable bonds is 2. The van der Waals surface area contributed by atoms with E-state index in [0.29, 0.717) is 6.07 Å². The second kappa shape index (κ2) is 4.53. The maximum absolute atomic E-state index is 12.6. The Bertz CT molecular complexity index is 589. The fraction of sp³-hybridized carbons (Fsp3) is 0.125. The van der Waals surface area contributed by atoms with E-state index in [9.17, 15) is 21.6 Å². The zero-order chi connectivity index (χ0) is 13.3. The highest BCUT2D eigenvalue weighted by Gasteiger charge is 2.36. The van der Waals surface area contributed by atoms with E-state index in [1.54, 1.807) is 0 Å². The fourth-order valence-corrected chi connectivity index (χ4v) is 1.95. The van der Waals surface area contributed by atoms with E-state index in [1.165, 1.54) is 0 Å². The molecule has 0 aliphatic heterocycles. The summed E-state index contributed by atoms with van der Waals surface area (Å²) in [4.78, 5) is 2.33. The van der Waals surface area contributed by atoms with Gasteiger partial charge in [-0.1, -0.05) is 0 Å². The van der Waals surface area contributed by atoms with Gasteiger partial charge in [-0.2, -0.15) is 18.2 Å². The molecule has 0 bridgehead atoms. The summed E-state index contributed by atoms with van der Waals surface area (Å²) >= 11 is 4.24. The topological polar surface area (TPSA) is 72.5 Å². The van der Waals surface area contributed by atoms with Gasteiger partial charge in [0.1, 0.15) is 0 Å². The Kier molecular flexibility index (Phi) is 3.68. The lowest BCUT2D eigenvalue weighted by Gasteiger charge is -2.11. The van der Waals surface area contributed by atoms with Gasteiger partial charge in [0.25, 0.3) is 0 Å². The molecule has 0 aromatic heterocycles. The molecule has 0 spiro atoms. The second-order valence-electron chi connectivity index (χ2n) is 2.93. The van der Waals surface area contributed by atoms with Crippen LogP contribution in [0.2, 0.25) is 0 Å². The monoisotopic (exact) mass is 282 g/mol. The summed E-state index contributed by atoms with van der Waals surface area (Å²) < 4.78 is 59.7. The van der Waals surface area contributed by atoms with Gasteiger partial charge >= 0.3 is 6.18 Å². The van der Waals surface area contributed by atoms with Crippen molar-refractivity contribution in [1.29, 1.82) is 0 Å². The summed E-state index contributed by atoms with van der Waals surface area (Å²) in [7, 11) is -4.46. The summed E-state index contributed by atoms with van der Waals surface area (Å²) in [5, 5.41) is 6.56. The molecule has 1 aromatic carbocycles. The normalized spacial score (nSPS) is 12.0. The van der Waals surface area contributed by atoms with Crippen molar-refractivity contribution >= 4 is 33.1 Å². The molecule has 0 atom stereocenters. The molecule has 0 amide bonds. The summed E-state index contributed by atoms with van der Waals surface area (Å²) in [6.07, 6.45) is -4.85. The van der Waals surface area contributed by atoms with E-state index in [-0.39, 0.29) is 5.69 Å². The second-order valence-corrected chi connectivity index (χ2v) is 4.64. The quantitative estimate of drug-likeness (QED) is 0.666. The van der Waals surface area contributed by atoms with Crippen LogP contribution in [0.5, 0.6) is 0 Å². The number of isothiocyanates is 1. The summed E-state index contributed by atoms with van der Waals surface area (Å²) in [5.74, 6) is 0. The van der Waals surface area contributed by atoms with Crippen molar-refractivity contribution in [3.8, 4) is 0 Å². The number of thiocarbonyl (C=S) groups is 1. The molecule has 0 saturated heterocycles. The predicted molar refractivity (Wildman–Crippen MR) is 57.5 cm³/mol. The number of halogens is 3. The van der Waals surface area contributed by atoms with Crippen molar-refractivity contribution in [3.63, 3.8) is 0 Å². The minimum absolute atomic E-state index is 0.153. The first-order valence-electron chi connectivity index (χ1n) is 3.98. The van der Waals surface area contributed by atoms with Gasteiger partial charge in [0.05, 0.1) is 21.3 Å². The Morgan fingerprint density at radius 3 is 2.35 bits per heavy atom. The van der Waals surface area contributed by atoms with Crippen LogP contribution in [0.15, 0.2) is 28.1 Å². The van der Waals surface area contributed by atoms with E-state index in [0.717, 1.165) is 12.1 Å². The predicted octanol–water partition coefficient (Wildman–Crippen LogP) is 2.09. The van der Waals surface area contributed by atoms with E-state index in [4.69, 9.17) is 0 Å². The first-order valence-corrected chi connectivity index (χ1v) is 5.93. The van der Waals surface area contributed by atoms with Crippen molar-refractivity contribution in [2.45, 2.75) is 11.1 Å². The van der Waals surface area contributed by atoms with Gasteiger partial charge in [0.15, 0.2) is 0 Å². The molecule has 2 N–H and O–H groups in total. The van der Waals surface area contributed by atoms with Gasteiger partial charge in [-0.25, -0.2) is 13.6 Å². The third kappa shape index (κ3) is 3.34. The Hall–Kier alpha value is -1.28. The first-order chi connectivity index (χ1) is 7.66. The van der Waals surface area contributed by atoms with Gasteiger partial charge in [-0.15, -0.1) is 0 Å². The maximum atomic E-state index is 12.6. The summed E-state index contributed by atoms with van der Waals surface area (Å²) in [6.45, 7) is 0. The minimum Gasteiger partial charge on any atom is -0.225 e. The lowest BCUT2D eigenvalue weighted by atomic mass is 10.2. The highest BCUT2D eigenvalue weighted by molar-refractivity contribution is 7.89. The molecule has 0 heterocycles. The zero-order valence-corrected chi connectivity index (χ0v) is 9.66. The molecule has 0 aliphatic carbocycles. The molecule has 1 aromatic rings. The molecule has 0 radical (unpaired) electrons. The lowest BCUT2D eigenvalue weighted by Crippen LogP contribution is -2.18. The smallest absolute Gasteiger partial charge is 0.225 e. The Labute approximate surface area is 100 Å². The van der Waals surface area contributed by atoms with Gasteiger partial charge < -0.3 is 0 Å². The van der Waals surface area contributed by atoms with Gasteiger partial charge in [0.2, 0.25) is 10.0 Å². The van der Waals surface area contributed by atoms with E-state index in [1.807, 2.05) is 5.16 Å². The number of aliphatic imine (C=N–C) groups is 1. The van der Waals surface area contributed by atoms with Gasteiger partial charge in [0, 0.05) is 0 Å². The largest absolute Gasteiger partial charge is 0.417 e. The molecule has 17 heavy (non-hydrogen) atoms. The number of benzene rings is 1. The third-order valence-electron chi connectivity index (χ3n) is 1.75. The molecule has 9 heteroatoms. The Morgan fingerprint density at radius 2 is 1.94 bits per heavy atom. The molecule has 4 nitrogen and oxygen atoms in total. The van der Waals surface area contributed by atoms with Crippen LogP contribution in [0.3, 0.4) is 0 Å². The van der Waals surface area contributed by atoms with Crippen LogP contribution in [-0.2, 0) is 16.2 Å². The van der Waals surface area contributed by atoms with Crippen LogP contribution < -0.4 is 5.14 Å². The molecule has 0 saturated carbocycles. The van der Waals surface area contributed by atoms with Gasteiger partial charge in [-0.05, 0) is 30.4 Å². The van der Waals surface area contributed by atoms with Crippen LogP contribution in [0, 0.1) is 0 Å². The molecule has 0 unspecified atom stereocenters.